The highest BCUT2D eigenvalue weighted by atomic mass is 32.2. The summed E-state index contributed by atoms with van der Waals surface area (Å²) in [6, 6.07) is 0. The second-order valence-electron chi connectivity index (χ2n) is 5.51. The maximum atomic E-state index is 11.0. The maximum Gasteiger partial charge on any atom is 0.407 e. The molecular weight excluding hydrogens is 452 g/mol. The summed E-state index contributed by atoms with van der Waals surface area (Å²) in [6.45, 7) is 3.77. The zero-order valence-corrected chi connectivity index (χ0v) is 19.9. The van der Waals surface area contributed by atoms with Crippen LogP contribution in [0.4, 0.5) is 14.4 Å². The van der Waals surface area contributed by atoms with Crippen molar-refractivity contribution in [2.24, 2.45) is 11.5 Å². The van der Waals surface area contributed by atoms with Crippen LogP contribution in [0.3, 0.4) is 0 Å². The van der Waals surface area contributed by atoms with Crippen molar-refractivity contribution in [1.29, 1.82) is 0 Å². The molecule has 0 atom stereocenters. The monoisotopic (exact) mass is 488 g/mol. The molecule has 1 aliphatic rings. The Bertz CT molecular complexity index is 400. The van der Waals surface area contributed by atoms with Gasteiger partial charge < -0.3 is 36.3 Å². The summed E-state index contributed by atoms with van der Waals surface area (Å²) in [7, 11) is 0. The fourth-order valence-electron chi connectivity index (χ4n) is 1.59. The van der Waals surface area contributed by atoms with Gasteiger partial charge in [-0.2, -0.15) is 25.3 Å². The lowest BCUT2D eigenvalue weighted by atomic mass is 10.3. The van der Waals surface area contributed by atoms with Gasteiger partial charge in [-0.3, -0.25) is 0 Å². The molecule has 0 unspecified atom stereocenters. The summed E-state index contributed by atoms with van der Waals surface area (Å²) in [4.78, 5) is 32.0. The van der Waals surface area contributed by atoms with E-state index in [1.54, 1.807) is 0 Å². The fraction of sp³-hybridized carbons (Fsp3) is 0.824. The molecule has 1 rings (SSSR count). The van der Waals surface area contributed by atoms with E-state index in [2.05, 4.69) is 40.6 Å². The topological polar surface area (TPSA) is 155 Å². The number of hydrogen-bond acceptors (Lipinski definition) is 11. The number of nitrogens with one attached hydrogen (secondary N) is 2. The maximum absolute atomic E-state index is 11.0. The molecule has 0 radical (unpaired) electrons. The third-order valence-corrected chi connectivity index (χ3v) is 4.06. The van der Waals surface area contributed by atoms with E-state index < -0.39 is 12.2 Å². The minimum Gasteiger partial charge on any atom is -0.457 e. The first kappa shape index (κ1) is 31.2. The van der Waals surface area contributed by atoms with E-state index in [0.29, 0.717) is 44.4 Å². The predicted molar refractivity (Wildman–Crippen MR) is 127 cm³/mol. The Morgan fingerprint density at radius 1 is 0.933 bits per heavy atom. The number of rotatable bonds is 12. The standard InChI is InChI=1S/C10H20N2O4S2.C4H12N2.C3H4O2S/c13-9(15-5-7-17)11-3-1-2-4-12-10(14)16-6-8-18;5-3-1-2-4-6;4-3-5-1-2-6-3/h17-18H,1-8H2,(H,11,13)(H,12,14);1-6H2;1-2H2. The molecule has 13 heteroatoms. The summed E-state index contributed by atoms with van der Waals surface area (Å²) >= 11 is 9.06. The summed E-state index contributed by atoms with van der Waals surface area (Å²) in [5.74, 6) is 1.84. The van der Waals surface area contributed by atoms with Crippen LogP contribution in [0.25, 0.3) is 0 Å². The van der Waals surface area contributed by atoms with Crippen LogP contribution in [0.5, 0.6) is 0 Å². The molecule has 1 fully saturated rings. The second-order valence-corrected chi connectivity index (χ2v) is 7.44. The molecule has 1 saturated heterocycles. The van der Waals surface area contributed by atoms with E-state index in [1.165, 1.54) is 11.8 Å². The van der Waals surface area contributed by atoms with Crippen molar-refractivity contribution in [2.75, 3.05) is 63.3 Å². The van der Waals surface area contributed by atoms with Gasteiger partial charge in [0.05, 0.1) is 0 Å². The average molecular weight is 489 g/mol. The fourth-order valence-corrected chi connectivity index (χ4v) is 2.27. The van der Waals surface area contributed by atoms with Crippen molar-refractivity contribution < 1.29 is 28.6 Å². The number of carbonyl (C=O) groups is 3. The molecule has 0 bridgehead atoms. The Kier molecular flexibility index (Phi) is 27.0. The normalized spacial score (nSPS) is 11.8. The lowest BCUT2D eigenvalue weighted by Gasteiger charge is -2.07. The van der Waals surface area contributed by atoms with Crippen molar-refractivity contribution >= 4 is 54.5 Å². The summed E-state index contributed by atoms with van der Waals surface area (Å²) in [5, 5.41) is 5.05. The number of amides is 2. The van der Waals surface area contributed by atoms with E-state index in [-0.39, 0.29) is 5.30 Å². The van der Waals surface area contributed by atoms with E-state index >= 15 is 0 Å². The minimum atomic E-state index is -0.440. The molecule has 0 aromatic carbocycles. The van der Waals surface area contributed by atoms with Crippen molar-refractivity contribution in [3.05, 3.63) is 0 Å². The molecule has 0 aromatic heterocycles. The number of hydrogen-bond donors (Lipinski definition) is 6. The highest BCUT2D eigenvalue weighted by Crippen LogP contribution is 2.11. The summed E-state index contributed by atoms with van der Waals surface area (Å²) in [6.07, 6.45) is 2.76. The Labute approximate surface area is 194 Å². The third kappa shape index (κ3) is 27.0. The predicted octanol–water partition coefficient (Wildman–Crippen LogP) is 1.63. The van der Waals surface area contributed by atoms with Gasteiger partial charge in [-0.1, -0.05) is 0 Å². The number of unbranched alkanes of at least 4 members (excludes halogenated alkanes) is 2. The van der Waals surface area contributed by atoms with Crippen molar-refractivity contribution in [1.82, 2.24) is 10.6 Å². The summed E-state index contributed by atoms with van der Waals surface area (Å²) < 4.78 is 14.0. The number of nitrogens with two attached hydrogens (primary N) is 2. The highest BCUT2D eigenvalue weighted by molar-refractivity contribution is 8.13. The van der Waals surface area contributed by atoms with Gasteiger partial charge in [-0.15, -0.1) is 0 Å². The molecule has 0 saturated carbocycles. The van der Waals surface area contributed by atoms with Crippen LogP contribution in [0.1, 0.15) is 25.7 Å². The molecule has 10 nitrogen and oxygen atoms in total. The van der Waals surface area contributed by atoms with Gasteiger partial charge in [-0.25, -0.2) is 14.4 Å². The third-order valence-electron chi connectivity index (χ3n) is 2.97. The summed E-state index contributed by atoms with van der Waals surface area (Å²) in [5.41, 5.74) is 10.3. The molecule has 6 N–H and O–H groups in total. The van der Waals surface area contributed by atoms with Crippen LogP contribution in [0.2, 0.25) is 0 Å². The number of carbonyl (C=O) groups excluding carboxylic acids is 3. The average Bonchev–Trinajstić information content (AvgIpc) is 3.23. The van der Waals surface area contributed by atoms with Crippen molar-refractivity contribution in [3.8, 4) is 0 Å². The quantitative estimate of drug-likeness (QED) is 0.104. The first-order valence-corrected chi connectivity index (χ1v) is 12.0. The van der Waals surface area contributed by atoms with Crippen molar-refractivity contribution in [2.45, 2.75) is 25.7 Å². The smallest absolute Gasteiger partial charge is 0.407 e. The van der Waals surface area contributed by atoms with Crippen LogP contribution >= 0.6 is 37.0 Å². The first-order chi connectivity index (χ1) is 14.5. The van der Waals surface area contributed by atoms with E-state index in [4.69, 9.17) is 20.9 Å². The number of ether oxygens (including phenoxy) is 3. The van der Waals surface area contributed by atoms with Gasteiger partial charge in [0.25, 0.3) is 0 Å². The van der Waals surface area contributed by atoms with Crippen molar-refractivity contribution in [3.63, 3.8) is 0 Å². The molecule has 2 amide bonds. The molecule has 0 aliphatic carbocycles. The second kappa shape index (κ2) is 26.0. The van der Waals surface area contributed by atoms with E-state index in [0.717, 1.165) is 44.5 Å². The van der Waals surface area contributed by atoms with Crippen LogP contribution in [-0.2, 0) is 14.2 Å². The number of alkyl carbamates (subject to hydrolysis) is 2. The van der Waals surface area contributed by atoms with Gasteiger partial charge in [-0.05, 0) is 50.5 Å². The minimum absolute atomic E-state index is 0.130. The van der Waals surface area contributed by atoms with Gasteiger partial charge in [0.1, 0.15) is 19.8 Å². The Hall–Kier alpha value is -1.02. The van der Waals surface area contributed by atoms with Gasteiger partial charge in [0.2, 0.25) is 0 Å². The Balaban J connectivity index is 0. The van der Waals surface area contributed by atoms with Crippen LogP contribution < -0.4 is 22.1 Å². The number of cyclic esters (lactones) is 1. The zero-order chi connectivity index (χ0) is 22.9. The largest absolute Gasteiger partial charge is 0.457 e. The van der Waals surface area contributed by atoms with Gasteiger partial charge in [0, 0.05) is 30.3 Å². The van der Waals surface area contributed by atoms with Gasteiger partial charge in [0.15, 0.2) is 0 Å². The molecule has 178 valence electrons. The van der Waals surface area contributed by atoms with Gasteiger partial charge >= 0.3 is 17.5 Å². The molecule has 0 spiro atoms. The molecule has 1 heterocycles. The molecule has 30 heavy (non-hydrogen) atoms. The SMILES string of the molecule is NCCCCN.O=C(NCCCCNC(=O)OCCS)OCCS.O=C1OCCS1. The number of thioether (sulfide) groups is 1. The Morgan fingerprint density at radius 3 is 1.67 bits per heavy atom. The first-order valence-electron chi connectivity index (χ1n) is 9.74. The lowest BCUT2D eigenvalue weighted by molar-refractivity contribution is 0.151. The molecule has 0 aromatic rings. The number of thiol groups is 2. The van der Waals surface area contributed by atoms with Crippen LogP contribution in [0.15, 0.2) is 0 Å². The van der Waals surface area contributed by atoms with E-state index in [9.17, 15) is 14.4 Å². The van der Waals surface area contributed by atoms with E-state index in [1.807, 2.05) is 0 Å². The Morgan fingerprint density at radius 2 is 1.40 bits per heavy atom. The highest BCUT2D eigenvalue weighted by Gasteiger charge is 2.09. The van der Waals surface area contributed by atoms with Crippen LogP contribution in [0, 0.1) is 0 Å². The molecular formula is C17H36N4O6S3. The van der Waals surface area contributed by atoms with Crippen LogP contribution in [-0.4, -0.2) is 80.7 Å². The lowest BCUT2D eigenvalue weighted by Crippen LogP contribution is -2.28. The molecule has 1 aliphatic heterocycles. The zero-order valence-electron chi connectivity index (χ0n) is 17.3.